The molecule has 26 heavy (non-hydrogen) atoms. The third kappa shape index (κ3) is 3.54. The second-order valence-electron chi connectivity index (χ2n) is 6.64. The lowest BCUT2D eigenvalue weighted by molar-refractivity contribution is 0.0302. The molecule has 0 unspecified atom stereocenters. The summed E-state index contributed by atoms with van der Waals surface area (Å²) < 4.78 is 7.32. The van der Waals surface area contributed by atoms with E-state index >= 15 is 0 Å². The maximum Gasteiger partial charge on any atom is 0.255 e. The third-order valence-electron chi connectivity index (χ3n) is 5.03. The largest absolute Gasteiger partial charge is 0.378 e. The van der Waals surface area contributed by atoms with Crippen molar-refractivity contribution in [1.29, 1.82) is 0 Å². The Balaban J connectivity index is 1.42. The van der Waals surface area contributed by atoms with Crippen molar-refractivity contribution in [2.45, 2.75) is 18.9 Å². The van der Waals surface area contributed by atoms with Gasteiger partial charge in [-0.15, -0.1) is 0 Å². The lowest BCUT2D eigenvalue weighted by Gasteiger charge is -2.33. The first-order chi connectivity index (χ1) is 12.7. The number of halogens is 1. The third-order valence-corrected chi connectivity index (χ3v) is 5.31. The number of amides is 1. The van der Waals surface area contributed by atoms with E-state index in [-0.39, 0.29) is 5.91 Å². The van der Waals surface area contributed by atoms with Crippen molar-refractivity contribution in [3.05, 3.63) is 41.3 Å². The van der Waals surface area contributed by atoms with Gasteiger partial charge in [0, 0.05) is 44.8 Å². The van der Waals surface area contributed by atoms with Gasteiger partial charge in [0.15, 0.2) is 0 Å². The van der Waals surface area contributed by atoms with Crippen LogP contribution in [0, 0.1) is 0 Å². The van der Waals surface area contributed by atoms with Gasteiger partial charge in [-0.25, -0.2) is 4.98 Å². The maximum absolute atomic E-state index is 12.6. The molecule has 0 aliphatic carbocycles. The number of nitrogens with zero attached hydrogens (tertiary/aromatic N) is 5. The zero-order valence-corrected chi connectivity index (χ0v) is 15.3. The Labute approximate surface area is 157 Å². The van der Waals surface area contributed by atoms with E-state index in [1.54, 1.807) is 17.2 Å². The normalized spacial score (nSPS) is 19.0. The second kappa shape index (κ2) is 7.63. The summed E-state index contributed by atoms with van der Waals surface area (Å²) in [5, 5.41) is 4.87. The predicted octanol–water partition coefficient (Wildman–Crippen LogP) is 2.25. The zero-order valence-electron chi connectivity index (χ0n) is 14.6. The van der Waals surface area contributed by atoms with E-state index in [0.29, 0.717) is 42.9 Å². The molecule has 0 N–H and O–H groups in total. The van der Waals surface area contributed by atoms with Crippen LogP contribution in [0.4, 0.5) is 5.82 Å². The second-order valence-corrected chi connectivity index (χ2v) is 7.05. The van der Waals surface area contributed by atoms with E-state index in [1.807, 2.05) is 23.1 Å². The minimum atomic E-state index is -0.0355. The van der Waals surface area contributed by atoms with Gasteiger partial charge < -0.3 is 14.5 Å². The number of rotatable bonds is 3. The monoisotopic (exact) mass is 375 g/mol. The fourth-order valence-electron chi connectivity index (χ4n) is 3.57. The molecule has 0 saturated carbocycles. The number of carbonyl (C=O) groups is 1. The van der Waals surface area contributed by atoms with Crippen LogP contribution in [0.5, 0.6) is 0 Å². The molecule has 8 heteroatoms. The fourth-order valence-corrected chi connectivity index (χ4v) is 3.85. The molecular formula is C18H22ClN5O2. The standard InChI is InChI=1S/C18H22ClN5O2/c19-16-12-14(18(25)23-8-10-26-11-9-23)13-20-17(16)22-6-2-15(3-7-22)24-5-1-4-21-24/h1,4-5,12-13,15H,2-3,6-11H2. The van der Waals surface area contributed by atoms with Crippen LogP contribution < -0.4 is 4.90 Å². The summed E-state index contributed by atoms with van der Waals surface area (Å²) in [6, 6.07) is 4.11. The van der Waals surface area contributed by atoms with E-state index in [9.17, 15) is 4.79 Å². The fraction of sp³-hybridized carbons (Fsp3) is 0.500. The number of aromatic nitrogens is 3. The summed E-state index contributed by atoms with van der Waals surface area (Å²) in [6.07, 6.45) is 7.45. The molecule has 0 spiro atoms. The summed E-state index contributed by atoms with van der Waals surface area (Å²) in [6.45, 7) is 4.12. The first-order valence-electron chi connectivity index (χ1n) is 8.99. The molecule has 138 valence electrons. The van der Waals surface area contributed by atoms with Gasteiger partial charge >= 0.3 is 0 Å². The molecule has 4 heterocycles. The van der Waals surface area contributed by atoms with Crippen molar-refractivity contribution in [3.8, 4) is 0 Å². The molecular weight excluding hydrogens is 354 g/mol. The quantitative estimate of drug-likeness (QED) is 0.823. The van der Waals surface area contributed by atoms with Gasteiger partial charge in [-0.1, -0.05) is 11.6 Å². The predicted molar refractivity (Wildman–Crippen MR) is 98.7 cm³/mol. The summed E-state index contributed by atoms with van der Waals surface area (Å²) >= 11 is 6.46. The van der Waals surface area contributed by atoms with Gasteiger partial charge in [0.05, 0.1) is 29.8 Å². The number of hydrogen-bond donors (Lipinski definition) is 0. The highest BCUT2D eigenvalue weighted by Crippen LogP contribution is 2.30. The number of carbonyl (C=O) groups excluding carboxylic acids is 1. The van der Waals surface area contributed by atoms with Crippen molar-refractivity contribution in [2.75, 3.05) is 44.3 Å². The summed E-state index contributed by atoms with van der Waals surface area (Å²) in [5.74, 6) is 0.718. The molecule has 2 aliphatic heterocycles. The summed E-state index contributed by atoms with van der Waals surface area (Å²) in [7, 11) is 0. The van der Waals surface area contributed by atoms with Crippen LogP contribution in [-0.4, -0.2) is 65.0 Å². The van der Waals surface area contributed by atoms with Crippen molar-refractivity contribution >= 4 is 23.3 Å². The van der Waals surface area contributed by atoms with Crippen LogP contribution in [0.2, 0.25) is 5.02 Å². The van der Waals surface area contributed by atoms with E-state index in [0.717, 1.165) is 31.7 Å². The van der Waals surface area contributed by atoms with Gasteiger partial charge in [0.1, 0.15) is 5.82 Å². The molecule has 2 aromatic rings. The van der Waals surface area contributed by atoms with Crippen LogP contribution in [0.1, 0.15) is 29.2 Å². The van der Waals surface area contributed by atoms with Crippen LogP contribution in [0.15, 0.2) is 30.7 Å². The number of pyridine rings is 1. The minimum Gasteiger partial charge on any atom is -0.378 e. The smallest absolute Gasteiger partial charge is 0.255 e. The average Bonchev–Trinajstić information content (AvgIpc) is 3.23. The first kappa shape index (κ1) is 17.3. The lowest BCUT2D eigenvalue weighted by Crippen LogP contribution is -2.40. The van der Waals surface area contributed by atoms with Crippen molar-refractivity contribution < 1.29 is 9.53 Å². The number of anilines is 1. The highest BCUT2D eigenvalue weighted by Gasteiger charge is 2.24. The molecule has 7 nitrogen and oxygen atoms in total. The Morgan fingerprint density at radius 3 is 2.62 bits per heavy atom. The van der Waals surface area contributed by atoms with Crippen LogP contribution in [0.3, 0.4) is 0 Å². The zero-order chi connectivity index (χ0) is 17.9. The van der Waals surface area contributed by atoms with E-state index in [2.05, 4.69) is 15.0 Å². The van der Waals surface area contributed by atoms with E-state index in [1.165, 1.54) is 0 Å². The summed E-state index contributed by atoms with van der Waals surface area (Å²) in [5.41, 5.74) is 0.534. The molecule has 0 radical (unpaired) electrons. The lowest BCUT2D eigenvalue weighted by atomic mass is 10.1. The SMILES string of the molecule is O=C(c1cnc(N2CCC(n3cccn3)CC2)c(Cl)c1)N1CCOCC1. The topological polar surface area (TPSA) is 63.5 Å². The van der Waals surface area contributed by atoms with Crippen LogP contribution >= 0.6 is 11.6 Å². The maximum atomic E-state index is 12.6. The molecule has 1 amide bonds. The highest BCUT2D eigenvalue weighted by atomic mass is 35.5. The van der Waals surface area contributed by atoms with Gasteiger partial charge in [0.2, 0.25) is 0 Å². The molecule has 2 fully saturated rings. The van der Waals surface area contributed by atoms with E-state index in [4.69, 9.17) is 16.3 Å². The average molecular weight is 376 g/mol. The molecule has 2 aliphatic rings. The van der Waals surface area contributed by atoms with Crippen molar-refractivity contribution in [1.82, 2.24) is 19.7 Å². The number of hydrogen-bond acceptors (Lipinski definition) is 5. The van der Waals surface area contributed by atoms with Gasteiger partial charge in [-0.3, -0.25) is 9.48 Å². The Hall–Kier alpha value is -2.12. The molecule has 4 rings (SSSR count). The number of ether oxygens (including phenoxy) is 1. The van der Waals surface area contributed by atoms with Crippen molar-refractivity contribution in [2.24, 2.45) is 0 Å². The number of morpholine rings is 1. The Bertz CT molecular complexity index is 753. The molecule has 0 atom stereocenters. The Kier molecular flexibility index (Phi) is 5.08. The van der Waals surface area contributed by atoms with Crippen molar-refractivity contribution in [3.63, 3.8) is 0 Å². The molecule has 2 aromatic heterocycles. The first-order valence-corrected chi connectivity index (χ1v) is 9.37. The van der Waals surface area contributed by atoms with Gasteiger partial charge in [0.25, 0.3) is 5.91 Å². The van der Waals surface area contributed by atoms with Crippen LogP contribution in [-0.2, 0) is 4.74 Å². The Morgan fingerprint density at radius 1 is 1.19 bits per heavy atom. The number of piperidine rings is 1. The van der Waals surface area contributed by atoms with Gasteiger partial charge in [-0.2, -0.15) is 5.10 Å². The van der Waals surface area contributed by atoms with E-state index < -0.39 is 0 Å². The Morgan fingerprint density at radius 2 is 1.96 bits per heavy atom. The summed E-state index contributed by atoms with van der Waals surface area (Å²) in [4.78, 5) is 21.0. The molecule has 2 saturated heterocycles. The molecule has 0 aromatic carbocycles. The van der Waals surface area contributed by atoms with Gasteiger partial charge in [-0.05, 0) is 25.0 Å². The van der Waals surface area contributed by atoms with Crippen LogP contribution in [0.25, 0.3) is 0 Å². The molecule has 0 bridgehead atoms. The highest BCUT2D eigenvalue weighted by molar-refractivity contribution is 6.33. The minimum absolute atomic E-state index is 0.0355.